The predicted molar refractivity (Wildman–Crippen MR) is 71.6 cm³/mol. The van der Waals surface area contributed by atoms with E-state index in [-0.39, 0.29) is 0 Å². The molecule has 0 unspecified atom stereocenters. The van der Waals surface area contributed by atoms with E-state index in [0.29, 0.717) is 31.7 Å². The molecular formula is C13H19O5P. The molecule has 1 aliphatic rings. The van der Waals surface area contributed by atoms with Crippen molar-refractivity contribution in [1.29, 1.82) is 0 Å². The third-order valence-electron chi connectivity index (χ3n) is 2.68. The van der Waals surface area contributed by atoms with Crippen LogP contribution in [-0.4, -0.2) is 26.4 Å². The van der Waals surface area contributed by atoms with Gasteiger partial charge in [-0.3, -0.25) is 4.57 Å². The SMILES string of the molecule is CCOP(=O)(OCC)c1cccc(C2OCCO2)c1. The highest BCUT2D eigenvalue weighted by atomic mass is 31.2. The Morgan fingerprint density at radius 3 is 2.42 bits per heavy atom. The molecule has 0 saturated carbocycles. The van der Waals surface area contributed by atoms with Gasteiger partial charge in [0.2, 0.25) is 0 Å². The maximum absolute atomic E-state index is 12.7. The Bertz CT molecular complexity index is 446. The van der Waals surface area contributed by atoms with Crippen molar-refractivity contribution in [2.24, 2.45) is 0 Å². The van der Waals surface area contributed by atoms with Crippen molar-refractivity contribution in [1.82, 2.24) is 0 Å². The van der Waals surface area contributed by atoms with Crippen molar-refractivity contribution in [3.8, 4) is 0 Å². The van der Waals surface area contributed by atoms with E-state index in [4.69, 9.17) is 18.5 Å². The van der Waals surface area contributed by atoms with Crippen LogP contribution >= 0.6 is 7.60 Å². The summed E-state index contributed by atoms with van der Waals surface area (Å²) in [6, 6.07) is 7.19. The summed E-state index contributed by atoms with van der Waals surface area (Å²) in [5.41, 5.74) is 0.828. The largest absolute Gasteiger partial charge is 0.361 e. The van der Waals surface area contributed by atoms with Crippen LogP contribution in [0.15, 0.2) is 24.3 Å². The topological polar surface area (TPSA) is 54.0 Å². The average molecular weight is 286 g/mol. The molecule has 6 heteroatoms. The van der Waals surface area contributed by atoms with Gasteiger partial charge in [-0.05, 0) is 26.0 Å². The third-order valence-corrected chi connectivity index (χ3v) is 4.79. The second kappa shape index (κ2) is 6.64. The van der Waals surface area contributed by atoms with Crippen LogP contribution in [-0.2, 0) is 23.1 Å². The van der Waals surface area contributed by atoms with Crippen molar-refractivity contribution >= 4 is 12.9 Å². The molecule has 0 aromatic heterocycles. The molecule has 1 fully saturated rings. The van der Waals surface area contributed by atoms with E-state index in [9.17, 15) is 4.57 Å². The Morgan fingerprint density at radius 2 is 1.84 bits per heavy atom. The summed E-state index contributed by atoms with van der Waals surface area (Å²) >= 11 is 0. The lowest BCUT2D eigenvalue weighted by Crippen LogP contribution is -2.12. The fourth-order valence-corrected chi connectivity index (χ4v) is 3.55. The van der Waals surface area contributed by atoms with E-state index in [1.54, 1.807) is 32.0 Å². The summed E-state index contributed by atoms with van der Waals surface area (Å²) in [6.07, 6.45) is -0.392. The first-order valence-corrected chi connectivity index (χ1v) is 7.96. The molecule has 0 bridgehead atoms. The van der Waals surface area contributed by atoms with Crippen LogP contribution in [0.2, 0.25) is 0 Å². The molecule has 1 aromatic rings. The normalized spacial score (nSPS) is 16.9. The van der Waals surface area contributed by atoms with Crippen molar-refractivity contribution in [3.63, 3.8) is 0 Å². The number of ether oxygens (including phenoxy) is 2. The Balaban J connectivity index is 2.27. The van der Waals surface area contributed by atoms with Gasteiger partial charge in [-0.2, -0.15) is 0 Å². The molecule has 5 nitrogen and oxygen atoms in total. The maximum Gasteiger partial charge on any atom is 0.361 e. The molecule has 1 heterocycles. The van der Waals surface area contributed by atoms with Crippen molar-refractivity contribution in [2.45, 2.75) is 20.1 Å². The first kappa shape index (κ1) is 14.7. The standard InChI is InChI=1S/C13H19O5P/c1-3-17-19(14,18-4-2)12-7-5-6-11(10-12)13-15-8-9-16-13/h5-7,10,13H,3-4,8-9H2,1-2H3. The van der Waals surface area contributed by atoms with Gasteiger partial charge in [0, 0.05) is 5.56 Å². The molecule has 1 saturated heterocycles. The Hall–Kier alpha value is -0.710. The van der Waals surface area contributed by atoms with Crippen LogP contribution in [0.4, 0.5) is 0 Å². The molecule has 0 spiro atoms. The van der Waals surface area contributed by atoms with Crippen molar-refractivity contribution < 1.29 is 23.1 Å². The van der Waals surface area contributed by atoms with E-state index in [1.165, 1.54) is 0 Å². The lowest BCUT2D eigenvalue weighted by molar-refractivity contribution is -0.0440. The number of hydrogen-bond donors (Lipinski definition) is 0. The lowest BCUT2D eigenvalue weighted by Gasteiger charge is -2.18. The smallest absolute Gasteiger partial charge is 0.346 e. The predicted octanol–water partition coefficient (Wildman–Crippen LogP) is 2.62. The van der Waals surface area contributed by atoms with Crippen molar-refractivity contribution in [3.05, 3.63) is 29.8 Å². The molecule has 1 aromatic carbocycles. The molecule has 106 valence electrons. The van der Waals surface area contributed by atoms with Gasteiger partial charge in [0.1, 0.15) is 0 Å². The maximum atomic E-state index is 12.7. The Morgan fingerprint density at radius 1 is 1.21 bits per heavy atom. The fraction of sp³-hybridized carbons (Fsp3) is 0.538. The molecule has 0 amide bonds. The molecule has 0 N–H and O–H groups in total. The van der Waals surface area contributed by atoms with Gasteiger partial charge in [-0.25, -0.2) is 0 Å². The zero-order valence-corrected chi connectivity index (χ0v) is 12.1. The zero-order chi connectivity index (χ0) is 13.7. The summed E-state index contributed by atoms with van der Waals surface area (Å²) in [5, 5.41) is 0.535. The Kier molecular flexibility index (Phi) is 5.13. The average Bonchev–Trinajstić information content (AvgIpc) is 2.93. The molecule has 1 aliphatic heterocycles. The zero-order valence-electron chi connectivity index (χ0n) is 11.2. The number of hydrogen-bond acceptors (Lipinski definition) is 5. The molecule has 0 aliphatic carbocycles. The molecular weight excluding hydrogens is 267 g/mol. The molecule has 0 radical (unpaired) electrons. The minimum atomic E-state index is -3.25. The number of rotatable bonds is 6. The van der Waals surface area contributed by atoms with Crippen LogP contribution in [0.3, 0.4) is 0 Å². The van der Waals surface area contributed by atoms with Gasteiger partial charge in [0.15, 0.2) is 6.29 Å². The van der Waals surface area contributed by atoms with E-state index >= 15 is 0 Å². The van der Waals surface area contributed by atoms with Crippen LogP contribution in [0, 0.1) is 0 Å². The van der Waals surface area contributed by atoms with Gasteiger partial charge in [0.25, 0.3) is 0 Å². The van der Waals surface area contributed by atoms with Crippen LogP contribution in [0.25, 0.3) is 0 Å². The van der Waals surface area contributed by atoms with Gasteiger partial charge in [-0.15, -0.1) is 0 Å². The highest BCUT2D eigenvalue weighted by molar-refractivity contribution is 7.62. The van der Waals surface area contributed by atoms with Crippen LogP contribution in [0.5, 0.6) is 0 Å². The first-order valence-electron chi connectivity index (χ1n) is 6.42. The summed E-state index contributed by atoms with van der Waals surface area (Å²) in [5.74, 6) is 0. The van der Waals surface area contributed by atoms with E-state index in [2.05, 4.69) is 0 Å². The van der Waals surface area contributed by atoms with Crippen molar-refractivity contribution in [2.75, 3.05) is 26.4 Å². The summed E-state index contributed by atoms with van der Waals surface area (Å²) in [4.78, 5) is 0. The summed E-state index contributed by atoms with van der Waals surface area (Å²) in [7, 11) is -3.25. The van der Waals surface area contributed by atoms with Crippen LogP contribution in [0.1, 0.15) is 25.7 Å². The third kappa shape index (κ3) is 3.44. The fourth-order valence-electron chi connectivity index (χ4n) is 1.92. The molecule has 0 atom stereocenters. The monoisotopic (exact) mass is 286 g/mol. The van der Waals surface area contributed by atoms with Gasteiger partial charge in [0.05, 0.1) is 31.7 Å². The second-order valence-electron chi connectivity index (χ2n) is 4.00. The van der Waals surface area contributed by atoms with Gasteiger partial charge in [-0.1, -0.05) is 12.1 Å². The van der Waals surface area contributed by atoms with E-state index in [0.717, 1.165) is 5.56 Å². The Labute approximate surface area is 113 Å². The van der Waals surface area contributed by atoms with Crippen LogP contribution < -0.4 is 5.30 Å². The lowest BCUT2D eigenvalue weighted by atomic mass is 10.2. The number of benzene rings is 1. The highest BCUT2D eigenvalue weighted by Crippen LogP contribution is 2.47. The summed E-state index contributed by atoms with van der Waals surface area (Å²) < 4.78 is 34.2. The quantitative estimate of drug-likeness (QED) is 0.752. The van der Waals surface area contributed by atoms with E-state index in [1.807, 2.05) is 6.07 Å². The first-order chi connectivity index (χ1) is 9.19. The minimum Gasteiger partial charge on any atom is -0.346 e. The van der Waals surface area contributed by atoms with E-state index < -0.39 is 13.9 Å². The molecule has 19 heavy (non-hydrogen) atoms. The molecule has 2 rings (SSSR count). The van der Waals surface area contributed by atoms with Gasteiger partial charge < -0.3 is 18.5 Å². The minimum absolute atomic E-state index is 0.331. The summed E-state index contributed by atoms with van der Waals surface area (Å²) in [6.45, 7) is 5.39. The highest BCUT2D eigenvalue weighted by Gasteiger charge is 2.28. The van der Waals surface area contributed by atoms with Gasteiger partial charge >= 0.3 is 7.60 Å². The second-order valence-corrected chi connectivity index (χ2v) is 6.03.